The van der Waals surface area contributed by atoms with Crippen molar-refractivity contribution in [2.24, 2.45) is 5.10 Å². The number of hydrogen-bond acceptors (Lipinski definition) is 6. The molecule has 0 bridgehead atoms. The van der Waals surface area contributed by atoms with E-state index in [-0.39, 0.29) is 16.3 Å². The number of nitrogens with zero attached hydrogens (tertiary/aromatic N) is 1. The van der Waals surface area contributed by atoms with Gasteiger partial charge in [0.15, 0.2) is 0 Å². The van der Waals surface area contributed by atoms with E-state index in [1.165, 1.54) is 13.3 Å². The van der Waals surface area contributed by atoms with Gasteiger partial charge in [-0.25, -0.2) is 10.2 Å². The molecule has 3 rings (SSSR count). The molecule has 0 aliphatic carbocycles. The lowest BCUT2D eigenvalue weighted by molar-refractivity contribution is -0.136. The molecule has 0 aromatic heterocycles. The Hall–Kier alpha value is -3.69. The van der Waals surface area contributed by atoms with Crippen LogP contribution in [0.2, 0.25) is 5.02 Å². The molecule has 8 nitrogen and oxygen atoms in total. The topological polar surface area (TPSA) is 106 Å². The number of hydrogen-bond donors (Lipinski definition) is 2. The Morgan fingerprint density at radius 3 is 2.42 bits per heavy atom. The lowest BCUT2D eigenvalue weighted by Crippen LogP contribution is -2.32. The summed E-state index contributed by atoms with van der Waals surface area (Å²) in [7, 11) is 1.52. The molecule has 0 saturated carbocycles. The highest BCUT2D eigenvalue weighted by molar-refractivity contribution is 9.10. The van der Waals surface area contributed by atoms with Gasteiger partial charge in [0.2, 0.25) is 0 Å². The van der Waals surface area contributed by atoms with Crippen LogP contribution in [-0.2, 0) is 9.59 Å². The average Bonchev–Trinajstić information content (AvgIpc) is 2.81. The van der Waals surface area contributed by atoms with Crippen LogP contribution in [0, 0.1) is 0 Å². The molecule has 3 aromatic rings. The first-order valence-electron chi connectivity index (χ1n) is 9.42. The number of nitrogens with one attached hydrogen (secondary N) is 2. The quantitative estimate of drug-likeness (QED) is 0.161. The van der Waals surface area contributed by atoms with E-state index in [4.69, 9.17) is 21.1 Å². The van der Waals surface area contributed by atoms with Gasteiger partial charge in [-0.05, 0) is 54.6 Å². The summed E-state index contributed by atoms with van der Waals surface area (Å²) in [5.41, 5.74) is 3.13. The first-order chi connectivity index (χ1) is 15.9. The fourth-order valence-electron chi connectivity index (χ4n) is 2.57. The van der Waals surface area contributed by atoms with E-state index in [0.29, 0.717) is 21.5 Å². The number of rotatable bonds is 6. The van der Waals surface area contributed by atoms with E-state index in [1.807, 2.05) is 0 Å². The molecule has 168 valence electrons. The largest absolute Gasteiger partial charge is 0.497 e. The SMILES string of the molecule is COc1ccc(NC(=O)C(=O)N/N=C/c2cc(Br)ccc2OC(=O)c2ccccc2Cl)cc1. The van der Waals surface area contributed by atoms with E-state index in [2.05, 4.69) is 31.8 Å². The number of halogens is 2. The first-order valence-corrected chi connectivity index (χ1v) is 10.6. The Bertz CT molecular complexity index is 1210. The van der Waals surface area contributed by atoms with Crippen molar-refractivity contribution in [3.8, 4) is 11.5 Å². The van der Waals surface area contributed by atoms with Gasteiger partial charge in [-0.3, -0.25) is 9.59 Å². The number of carbonyl (C=O) groups is 3. The van der Waals surface area contributed by atoms with Gasteiger partial charge in [0.05, 0.1) is 23.9 Å². The molecule has 3 aromatic carbocycles. The number of benzene rings is 3. The van der Waals surface area contributed by atoms with Gasteiger partial charge >= 0.3 is 17.8 Å². The lowest BCUT2D eigenvalue weighted by Gasteiger charge is -2.09. The zero-order valence-electron chi connectivity index (χ0n) is 17.2. The fourth-order valence-corrected chi connectivity index (χ4v) is 3.16. The van der Waals surface area contributed by atoms with Crippen LogP contribution in [0.1, 0.15) is 15.9 Å². The summed E-state index contributed by atoms with van der Waals surface area (Å²) in [4.78, 5) is 36.6. The van der Waals surface area contributed by atoms with Gasteiger partial charge in [-0.15, -0.1) is 0 Å². The summed E-state index contributed by atoms with van der Waals surface area (Å²) in [5, 5.41) is 6.48. The third kappa shape index (κ3) is 6.64. The minimum absolute atomic E-state index is 0.184. The van der Waals surface area contributed by atoms with Crippen LogP contribution in [0.4, 0.5) is 5.69 Å². The molecular formula is C23H17BrClN3O5. The van der Waals surface area contributed by atoms with E-state index in [9.17, 15) is 14.4 Å². The highest BCUT2D eigenvalue weighted by atomic mass is 79.9. The monoisotopic (exact) mass is 529 g/mol. The molecule has 0 unspecified atom stereocenters. The standard InChI is InChI=1S/C23H17BrClN3O5/c1-32-17-9-7-16(8-10-17)27-21(29)22(30)28-26-13-14-12-15(24)6-11-20(14)33-23(31)18-4-2-3-5-19(18)25/h2-13H,1H3,(H,27,29)(H,28,30)/b26-13+. The van der Waals surface area contributed by atoms with Gasteiger partial charge in [-0.1, -0.05) is 39.7 Å². The number of esters is 1. The van der Waals surface area contributed by atoms with Gasteiger partial charge in [-0.2, -0.15) is 5.10 Å². The first kappa shape index (κ1) is 24.0. The molecule has 0 fully saturated rings. The minimum Gasteiger partial charge on any atom is -0.497 e. The molecule has 0 radical (unpaired) electrons. The molecule has 33 heavy (non-hydrogen) atoms. The van der Waals surface area contributed by atoms with Crippen LogP contribution in [0.15, 0.2) is 76.3 Å². The van der Waals surface area contributed by atoms with Crippen LogP contribution in [0.25, 0.3) is 0 Å². The number of carbonyl (C=O) groups excluding carboxylic acids is 3. The molecule has 0 aliphatic heterocycles. The molecule has 0 heterocycles. The summed E-state index contributed by atoms with van der Waals surface area (Å²) in [5.74, 6) is -1.74. The lowest BCUT2D eigenvalue weighted by atomic mass is 10.2. The molecule has 2 N–H and O–H groups in total. The Kier molecular flexibility index (Phi) is 8.17. The normalized spacial score (nSPS) is 10.5. The highest BCUT2D eigenvalue weighted by Crippen LogP contribution is 2.24. The van der Waals surface area contributed by atoms with Crippen molar-refractivity contribution in [1.82, 2.24) is 5.43 Å². The van der Waals surface area contributed by atoms with Crippen molar-refractivity contribution >= 4 is 57.2 Å². The number of methoxy groups -OCH3 is 1. The van der Waals surface area contributed by atoms with Crippen LogP contribution in [0.3, 0.4) is 0 Å². The Labute approximate surface area is 202 Å². The zero-order chi connectivity index (χ0) is 23.8. The van der Waals surface area contributed by atoms with Crippen molar-refractivity contribution in [3.05, 3.63) is 87.4 Å². The maximum Gasteiger partial charge on any atom is 0.345 e. The van der Waals surface area contributed by atoms with Gasteiger partial charge in [0.25, 0.3) is 0 Å². The molecule has 0 atom stereocenters. The molecular weight excluding hydrogens is 514 g/mol. The van der Waals surface area contributed by atoms with Gasteiger partial charge < -0.3 is 14.8 Å². The van der Waals surface area contributed by atoms with Crippen LogP contribution >= 0.6 is 27.5 Å². The Balaban J connectivity index is 1.65. The number of ether oxygens (including phenoxy) is 2. The van der Waals surface area contributed by atoms with Crippen LogP contribution < -0.4 is 20.2 Å². The van der Waals surface area contributed by atoms with E-state index in [1.54, 1.807) is 66.7 Å². The maximum atomic E-state index is 12.5. The third-order valence-corrected chi connectivity index (χ3v) is 5.01. The highest BCUT2D eigenvalue weighted by Gasteiger charge is 2.15. The van der Waals surface area contributed by atoms with Crippen molar-refractivity contribution in [2.75, 3.05) is 12.4 Å². The third-order valence-electron chi connectivity index (χ3n) is 4.19. The molecule has 0 saturated heterocycles. The summed E-state index contributed by atoms with van der Waals surface area (Å²) in [6, 6.07) is 17.8. The van der Waals surface area contributed by atoms with Crippen LogP contribution in [-0.4, -0.2) is 31.1 Å². The number of amides is 2. The minimum atomic E-state index is -0.980. The maximum absolute atomic E-state index is 12.5. The number of anilines is 1. The predicted molar refractivity (Wildman–Crippen MR) is 128 cm³/mol. The van der Waals surface area contributed by atoms with E-state index in [0.717, 1.165) is 0 Å². The summed E-state index contributed by atoms with van der Waals surface area (Å²) in [6.07, 6.45) is 1.25. The van der Waals surface area contributed by atoms with Crippen molar-refractivity contribution in [3.63, 3.8) is 0 Å². The van der Waals surface area contributed by atoms with Gasteiger partial charge in [0, 0.05) is 15.7 Å². The second-order valence-electron chi connectivity index (χ2n) is 6.43. The second-order valence-corrected chi connectivity index (χ2v) is 7.76. The van der Waals surface area contributed by atoms with Crippen LogP contribution in [0.5, 0.6) is 11.5 Å². The average molecular weight is 531 g/mol. The molecule has 2 amide bonds. The predicted octanol–water partition coefficient (Wildman–Crippen LogP) is 4.42. The van der Waals surface area contributed by atoms with Crippen molar-refractivity contribution in [1.29, 1.82) is 0 Å². The van der Waals surface area contributed by atoms with Crippen molar-refractivity contribution < 1.29 is 23.9 Å². The van der Waals surface area contributed by atoms with E-state index < -0.39 is 17.8 Å². The van der Waals surface area contributed by atoms with Gasteiger partial charge in [0.1, 0.15) is 11.5 Å². The molecule has 0 aliphatic rings. The smallest absolute Gasteiger partial charge is 0.345 e. The number of hydrazone groups is 1. The zero-order valence-corrected chi connectivity index (χ0v) is 19.5. The molecule has 10 heteroatoms. The Morgan fingerprint density at radius 1 is 1.00 bits per heavy atom. The molecule has 0 spiro atoms. The Morgan fingerprint density at radius 2 is 1.73 bits per heavy atom. The second kappa shape index (κ2) is 11.3. The summed E-state index contributed by atoms with van der Waals surface area (Å²) >= 11 is 9.37. The fraction of sp³-hybridized carbons (Fsp3) is 0.0435. The van der Waals surface area contributed by atoms with Crippen molar-refractivity contribution in [2.45, 2.75) is 0 Å². The summed E-state index contributed by atoms with van der Waals surface area (Å²) in [6.45, 7) is 0. The van der Waals surface area contributed by atoms with E-state index >= 15 is 0 Å². The summed E-state index contributed by atoms with van der Waals surface area (Å²) < 4.78 is 11.2.